The average Bonchev–Trinajstić information content (AvgIpc) is 3.06. The third kappa shape index (κ3) is 4.74. The van der Waals surface area contributed by atoms with Gasteiger partial charge in [0.15, 0.2) is 5.82 Å². The van der Waals surface area contributed by atoms with E-state index in [0.717, 1.165) is 24.7 Å². The van der Waals surface area contributed by atoms with Gasteiger partial charge in [0.2, 0.25) is 0 Å². The second kappa shape index (κ2) is 7.89. The van der Waals surface area contributed by atoms with Crippen molar-refractivity contribution in [2.75, 3.05) is 31.5 Å². The molecule has 0 saturated carbocycles. The van der Waals surface area contributed by atoms with Gasteiger partial charge in [0.1, 0.15) is 0 Å². The molecule has 0 spiro atoms. The first-order chi connectivity index (χ1) is 12.0. The lowest BCUT2D eigenvalue weighted by molar-refractivity contribution is 0.143. The molecule has 1 saturated heterocycles. The molecule has 2 heterocycles. The summed E-state index contributed by atoms with van der Waals surface area (Å²) in [5, 5.41) is 7.99. The summed E-state index contributed by atoms with van der Waals surface area (Å²) in [6.07, 6.45) is 1.88. The van der Waals surface area contributed by atoms with Crippen molar-refractivity contribution in [2.45, 2.75) is 26.4 Å². The van der Waals surface area contributed by atoms with E-state index >= 15 is 0 Å². The summed E-state index contributed by atoms with van der Waals surface area (Å²) in [7, 11) is 0. The van der Waals surface area contributed by atoms with Crippen molar-refractivity contribution >= 4 is 23.4 Å². The Balaban J connectivity index is 1.47. The molecular formula is C18H24ClN5O. The molecule has 1 fully saturated rings. The maximum Gasteiger partial charge on any atom is 0.323 e. The van der Waals surface area contributed by atoms with Crippen LogP contribution in [-0.4, -0.2) is 51.8 Å². The number of aromatic nitrogens is 2. The second-order valence-electron chi connectivity index (χ2n) is 6.59. The highest BCUT2D eigenvalue weighted by Gasteiger charge is 2.21. The van der Waals surface area contributed by atoms with Crippen LogP contribution in [0.3, 0.4) is 0 Å². The van der Waals surface area contributed by atoms with Crippen molar-refractivity contribution in [3.05, 3.63) is 47.1 Å². The van der Waals surface area contributed by atoms with Gasteiger partial charge in [0, 0.05) is 56.1 Å². The number of rotatable bonds is 4. The molecule has 1 aromatic carbocycles. The molecule has 1 N–H and O–H groups in total. The van der Waals surface area contributed by atoms with E-state index in [4.69, 9.17) is 11.6 Å². The Morgan fingerprint density at radius 1 is 1.16 bits per heavy atom. The Morgan fingerprint density at radius 2 is 1.84 bits per heavy atom. The molecule has 3 rings (SSSR count). The Morgan fingerprint density at radius 3 is 2.44 bits per heavy atom. The smallest absolute Gasteiger partial charge is 0.322 e. The van der Waals surface area contributed by atoms with Gasteiger partial charge in [-0.25, -0.2) is 4.79 Å². The Labute approximate surface area is 153 Å². The van der Waals surface area contributed by atoms with Gasteiger partial charge in [0.05, 0.1) is 0 Å². The molecule has 0 unspecified atom stereocenters. The van der Waals surface area contributed by atoms with Crippen LogP contribution in [0.15, 0.2) is 36.5 Å². The lowest BCUT2D eigenvalue weighted by Gasteiger charge is -2.34. The first kappa shape index (κ1) is 17.8. The Hall–Kier alpha value is -2.05. The van der Waals surface area contributed by atoms with E-state index < -0.39 is 0 Å². The van der Waals surface area contributed by atoms with Gasteiger partial charge in [-0.1, -0.05) is 23.7 Å². The van der Waals surface area contributed by atoms with Crippen molar-refractivity contribution in [1.29, 1.82) is 0 Å². The summed E-state index contributed by atoms with van der Waals surface area (Å²) >= 11 is 5.92. The number of anilines is 1. The van der Waals surface area contributed by atoms with Gasteiger partial charge >= 0.3 is 6.03 Å². The summed E-state index contributed by atoms with van der Waals surface area (Å²) in [5.74, 6) is 0.599. The van der Waals surface area contributed by atoms with Crippen LogP contribution in [0.4, 0.5) is 10.6 Å². The van der Waals surface area contributed by atoms with E-state index in [0.29, 0.717) is 18.9 Å². The molecule has 0 radical (unpaired) electrons. The van der Waals surface area contributed by atoms with Crippen LogP contribution in [0.25, 0.3) is 0 Å². The fraction of sp³-hybridized carbons (Fsp3) is 0.444. The first-order valence-corrected chi connectivity index (χ1v) is 8.97. The number of carbonyl (C=O) groups is 1. The van der Waals surface area contributed by atoms with Crippen molar-refractivity contribution in [2.24, 2.45) is 0 Å². The summed E-state index contributed by atoms with van der Waals surface area (Å²) in [6.45, 7) is 8.13. The molecule has 1 aliphatic rings. The van der Waals surface area contributed by atoms with E-state index in [1.54, 1.807) is 0 Å². The number of nitrogens with zero attached hydrogens (tertiary/aromatic N) is 4. The molecule has 134 valence electrons. The van der Waals surface area contributed by atoms with Crippen molar-refractivity contribution < 1.29 is 4.79 Å². The molecule has 6 nitrogen and oxygen atoms in total. The summed E-state index contributed by atoms with van der Waals surface area (Å²) in [6, 6.07) is 9.95. The number of urea groups is 1. The van der Waals surface area contributed by atoms with Gasteiger partial charge in [0.25, 0.3) is 0 Å². The van der Waals surface area contributed by atoms with Crippen LogP contribution < -0.4 is 5.32 Å². The monoisotopic (exact) mass is 361 g/mol. The van der Waals surface area contributed by atoms with Gasteiger partial charge in [-0.2, -0.15) is 5.10 Å². The minimum atomic E-state index is -0.0832. The summed E-state index contributed by atoms with van der Waals surface area (Å²) in [5.41, 5.74) is 1.24. The van der Waals surface area contributed by atoms with Crippen LogP contribution in [0.5, 0.6) is 0 Å². The standard InChI is InChI=1S/C18H24ClN5O/c1-14(2)24-8-7-17(21-24)20-18(25)23-11-9-22(10-12-23)13-15-3-5-16(19)6-4-15/h3-8,14H,9-13H2,1-2H3,(H,20,21,25). The third-order valence-corrected chi connectivity index (χ3v) is 4.60. The van der Waals surface area contributed by atoms with E-state index in [1.165, 1.54) is 5.56 Å². The maximum absolute atomic E-state index is 12.4. The van der Waals surface area contributed by atoms with Crippen LogP contribution in [-0.2, 0) is 6.54 Å². The van der Waals surface area contributed by atoms with Crippen LogP contribution in [0.1, 0.15) is 25.5 Å². The van der Waals surface area contributed by atoms with Gasteiger partial charge in [-0.05, 0) is 31.5 Å². The summed E-state index contributed by atoms with van der Waals surface area (Å²) in [4.78, 5) is 16.6. The van der Waals surface area contributed by atoms with Gasteiger partial charge in [-0.3, -0.25) is 14.9 Å². The molecule has 7 heteroatoms. The molecule has 2 aromatic rings. The lowest BCUT2D eigenvalue weighted by atomic mass is 10.2. The van der Waals surface area contributed by atoms with Crippen LogP contribution in [0, 0.1) is 0 Å². The van der Waals surface area contributed by atoms with Crippen molar-refractivity contribution in [1.82, 2.24) is 19.6 Å². The number of hydrogen-bond donors (Lipinski definition) is 1. The molecule has 0 bridgehead atoms. The fourth-order valence-electron chi connectivity index (χ4n) is 2.84. The number of benzene rings is 1. The number of halogens is 1. The number of carbonyl (C=O) groups excluding carboxylic acids is 1. The van der Waals surface area contributed by atoms with Gasteiger partial charge in [-0.15, -0.1) is 0 Å². The molecule has 0 aliphatic carbocycles. The molecule has 0 atom stereocenters. The minimum absolute atomic E-state index is 0.0832. The Kier molecular flexibility index (Phi) is 5.60. The maximum atomic E-state index is 12.4. The average molecular weight is 362 g/mol. The third-order valence-electron chi connectivity index (χ3n) is 4.35. The Bertz CT molecular complexity index is 705. The fourth-order valence-corrected chi connectivity index (χ4v) is 2.96. The SMILES string of the molecule is CC(C)n1ccc(NC(=O)N2CCN(Cc3ccc(Cl)cc3)CC2)n1. The molecular weight excluding hydrogens is 338 g/mol. The van der Waals surface area contributed by atoms with Crippen molar-refractivity contribution in [3.8, 4) is 0 Å². The summed E-state index contributed by atoms with van der Waals surface area (Å²) < 4.78 is 1.83. The normalized spacial score (nSPS) is 15.6. The van der Waals surface area contributed by atoms with E-state index in [2.05, 4.69) is 29.2 Å². The number of nitrogens with one attached hydrogen (secondary N) is 1. The highest BCUT2D eigenvalue weighted by atomic mass is 35.5. The first-order valence-electron chi connectivity index (χ1n) is 8.59. The molecule has 2 amide bonds. The highest BCUT2D eigenvalue weighted by molar-refractivity contribution is 6.30. The predicted octanol–water partition coefficient (Wildman–Crippen LogP) is 3.47. The second-order valence-corrected chi connectivity index (χ2v) is 7.03. The zero-order valence-corrected chi connectivity index (χ0v) is 15.4. The quantitative estimate of drug-likeness (QED) is 0.907. The zero-order valence-electron chi connectivity index (χ0n) is 14.7. The van der Waals surface area contributed by atoms with Crippen LogP contribution in [0.2, 0.25) is 5.02 Å². The largest absolute Gasteiger partial charge is 0.323 e. The van der Waals surface area contributed by atoms with E-state index in [9.17, 15) is 4.79 Å². The minimum Gasteiger partial charge on any atom is -0.322 e. The molecule has 25 heavy (non-hydrogen) atoms. The number of piperazine rings is 1. The van der Waals surface area contributed by atoms with Gasteiger partial charge < -0.3 is 4.90 Å². The zero-order chi connectivity index (χ0) is 17.8. The number of amides is 2. The van der Waals surface area contributed by atoms with Crippen LogP contribution >= 0.6 is 11.6 Å². The predicted molar refractivity (Wildman–Crippen MR) is 99.9 cm³/mol. The van der Waals surface area contributed by atoms with E-state index in [1.807, 2.05) is 46.1 Å². The van der Waals surface area contributed by atoms with Crippen molar-refractivity contribution in [3.63, 3.8) is 0 Å². The molecule has 1 aliphatic heterocycles. The lowest BCUT2D eigenvalue weighted by Crippen LogP contribution is -2.49. The number of hydrogen-bond acceptors (Lipinski definition) is 3. The van der Waals surface area contributed by atoms with E-state index in [-0.39, 0.29) is 12.1 Å². The molecule has 1 aromatic heterocycles. The topological polar surface area (TPSA) is 53.4 Å². The highest BCUT2D eigenvalue weighted by Crippen LogP contribution is 2.14.